The zero-order chi connectivity index (χ0) is 12.7. The van der Waals surface area contributed by atoms with Crippen LogP contribution in [0.5, 0.6) is 0 Å². The topological polar surface area (TPSA) is 54.4 Å². The summed E-state index contributed by atoms with van der Waals surface area (Å²) in [5.74, 6) is 3.08. The van der Waals surface area contributed by atoms with Crippen LogP contribution in [0.25, 0.3) is 11.5 Å². The van der Waals surface area contributed by atoms with Gasteiger partial charge in [0.2, 0.25) is 5.76 Å². The molecule has 0 unspecified atom stereocenters. The first-order valence-electron chi connectivity index (χ1n) is 6.81. The summed E-state index contributed by atoms with van der Waals surface area (Å²) < 4.78 is 10.6. The lowest BCUT2D eigenvalue weighted by atomic mass is 10.0. The molecule has 6 heteroatoms. The third-order valence-corrected chi connectivity index (χ3v) is 4.17. The maximum absolute atomic E-state index is 5.33. The van der Waals surface area contributed by atoms with E-state index in [1.807, 2.05) is 18.2 Å². The van der Waals surface area contributed by atoms with Gasteiger partial charge in [0.05, 0.1) is 12.0 Å². The van der Waals surface area contributed by atoms with Gasteiger partial charge in [0.15, 0.2) is 5.76 Å². The standard InChI is InChI=1S/C14H17N3O2.ClH/c1-2-13(18-3-1)14-4-12(16-19-14)9-17-7-10-5-15-6-11(10)8-17;/h1-4,10-11,15H,5-9H2;1H/t10-,11+;. The van der Waals surface area contributed by atoms with Crippen LogP contribution in [0.4, 0.5) is 0 Å². The molecule has 1 N–H and O–H groups in total. The molecule has 2 aliphatic rings. The molecule has 0 aliphatic carbocycles. The summed E-state index contributed by atoms with van der Waals surface area (Å²) in [6.45, 7) is 5.54. The highest BCUT2D eigenvalue weighted by Crippen LogP contribution is 2.28. The molecule has 2 atom stereocenters. The van der Waals surface area contributed by atoms with Gasteiger partial charge in [-0.15, -0.1) is 12.4 Å². The summed E-state index contributed by atoms with van der Waals surface area (Å²) >= 11 is 0. The van der Waals surface area contributed by atoms with E-state index < -0.39 is 0 Å². The number of nitrogens with zero attached hydrogens (tertiary/aromatic N) is 2. The molecule has 2 aromatic rings. The molecule has 2 aliphatic heterocycles. The van der Waals surface area contributed by atoms with Crippen molar-refractivity contribution in [3.05, 3.63) is 30.2 Å². The van der Waals surface area contributed by atoms with E-state index in [9.17, 15) is 0 Å². The highest BCUT2D eigenvalue weighted by molar-refractivity contribution is 5.85. The van der Waals surface area contributed by atoms with E-state index in [2.05, 4.69) is 15.4 Å². The van der Waals surface area contributed by atoms with E-state index in [4.69, 9.17) is 8.94 Å². The van der Waals surface area contributed by atoms with Crippen molar-refractivity contribution in [2.75, 3.05) is 26.2 Å². The summed E-state index contributed by atoms with van der Waals surface area (Å²) in [6, 6.07) is 5.72. The van der Waals surface area contributed by atoms with Gasteiger partial charge in [0.1, 0.15) is 0 Å². The molecule has 5 nitrogen and oxygen atoms in total. The van der Waals surface area contributed by atoms with Crippen LogP contribution in [0, 0.1) is 11.8 Å². The molecule has 0 aromatic carbocycles. The first-order valence-corrected chi connectivity index (χ1v) is 6.81. The van der Waals surface area contributed by atoms with Crippen LogP contribution in [0.2, 0.25) is 0 Å². The van der Waals surface area contributed by atoms with Crippen LogP contribution in [-0.2, 0) is 6.54 Å². The van der Waals surface area contributed by atoms with E-state index >= 15 is 0 Å². The predicted octanol–water partition coefficient (Wildman–Crippen LogP) is 2.01. The maximum atomic E-state index is 5.33. The van der Waals surface area contributed by atoms with Gasteiger partial charge in [-0.2, -0.15) is 0 Å². The summed E-state index contributed by atoms with van der Waals surface area (Å²) in [4.78, 5) is 2.47. The van der Waals surface area contributed by atoms with Crippen molar-refractivity contribution in [2.45, 2.75) is 6.54 Å². The first kappa shape index (κ1) is 13.7. The van der Waals surface area contributed by atoms with Gasteiger partial charge in [-0.05, 0) is 37.1 Å². The number of nitrogens with one attached hydrogen (secondary N) is 1. The maximum Gasteiger partial charge on any atom is 0.202 e. The SMILES string of the molecule is Cl.c1coc(-c2cc(CN3C[C@H]4CNC[C@H]4C3)no2)c1. The molecule has 4 heterocycles. The van der Waals surface area contributed by atoms with Crippen molar-refractivity contribution in [3.8, 4) is 11.5 Å². The molecule has 4 rings (SSSR count). The molecule has 0 amide bonds. The molecule has 2 saturated heterocycles. The number of aromatic nitrogens is 1. The minimum Gasteiger partial charge on any atom is -0.461 e. The number of likely N-dealkylation sites (tertiary alicyclic amines) is 1. The third-order valence-electron chi connectivity index (χ3n) is 4.17. The van der Waals surface area contributed by atoms with E-state index in [0.717, 1.165) is 42.9 Å². The van der Waals surface area contributed by atoms with Crippen molar-refractivity contribution >= 4 is 12.4 Å². The average molecular weight is 296 g/mol. The second kappa shape index (κ2) is 5.60. The van der Waals surface area contributed by atoms with E-state index in [0.29, 0.717) is 5.76 Å². The van der Waals surface area contributed by atoms with E-state index in [1.54, 1.807) is 6.26 Å². The van der Waals surface area contributed by atoms with Crippen LogP contribution in [0.1, 0.15) is 5.69 Å². The molecular formula is C14H18ClN3O2. The van der Waals surface area contributed by atoms with Gasteiger partial charge in [-0.1, -0.05) is 5.16 Å². The Hall–Kier alpha value is -1.30. The zero-order valence-electron chi connectivity index (χ0n) is 11.1. The molecule has 2 aromatic heterocycles. The number of furan rings is 1. The van der Waals surface area contributed by atoms with Crippen molar-refractivity contribution in [1.29, 1.82) is 0 Å². The monoisotopic (exact) mass is 295 g/mol. The van der Waals surface area contributed by atoms with Crippen LogP contribution in [0.15, 0.2) is 33.4 Å². The fraction of sp³-hybridized carbons (Fsp3) is 0.500. The van der Waals surface area contributed by atoms with Gasteiger partial charge < -0.3 is 14.3 Å². The molecule has 0 bridgehead atoms. The van der Waals surface area contributed by atoms with Crippen molar-refractivity contribution in [2.24, 2.45) is 11.8 Å². The Bertz CT molecular complexity index is 543. The summed E-state index contributed by atoms with van der Waals surface area (Å²) in [6.07, 6.45) is 1.65. The Morgan fingerprint density at radius 3 is 2.75 bits per heavy atom. The van der Waals surface area contributed by atoms with Crippen molar-refractivity contribution < 1.29 is 8.94 Å². The second-order valence-electron chi connectivity index (χ2n) is 5.53. The lowest BCUT2D eigenvalue weighted by molar-refractivity contribution is 0.293. The Labute approximate surface area is 123 Å². The van der Waals surface area contributed by atoms with Crippen LogP contribution in [0.3, 0.4) is 0 Å². The van der Waals surface area contributed by atoms with Gasteiger partial charge in [-0.3, -0.25) is 4.90 Å². The van der Waals surface area contributed by atoms with Gasteiger partial charge in [-0.25, -0.2) is 0 Å². The lowest BCUT2D eigenvalue weighted by Gasteiger charge is -2.14. The van der Waals surface area contributed by atoms with Gasteiger partial charge >= 0.3 is 0 Å². The largest absolute Gasteiger partial charge is 0.461 e. The van der Waals surface area contributed by atoms with Gasteiger partial charge in [0.25, 0.3) is 0 Å². The Morgan fingerprint density at radius 1 is 1.25 bits per heavy atom. The zero-order valence-corrected chi connectivity index (χ0v) is 11.9. The van der Waals surface area contributed by atoms with E-state index in [-0.39, 0.29) is 12.4 Å². The quantitative estimate of drug-likeness (QED) is 0.939. The summed E-state index contributed by atoms with van der Waals surface area (Å²) in [5.41, 5.74) is 0.985. The number of hydrogen-bond acceptors (Lipinski definition) is 5. The molecule has 0 spiro atoms. The van der Waals surface area contributed by atoms with Crippen LogP contribution < -0.4 is 5.32 Å². The lowest BCUT2D eigenvalue weighted by Crippen LogP contribution is -2.25. The predicted molar refractivity (Wildman–Crippen MR) is 76.6 cm³/mol. The average Bonchev–Trinajstić information content (AvgIpc) is 3.12. The molecule has 2 fully saturated rings. The summed E-state index contributed by atoms with van der Waals surface area (Å²) in [7, 11) is 0. The van der Waals surface area contributed by atoms with Gasteiger partial charge in [0, 0.05) is 25.7 Å². The number of rotatable bonds is 3. The van der Waals surface area contributed by atoms with Crippen LogP contribution in [-0.4, -0.2) is 36.2 Å². The fourth-order valence-corrected chi connectivity index (χ4v) is 3.23. The third kappa shape index (κ3) is 2.49. The molecule has 0 saturated carbocycles. The Balaban J connectivity index is 0.00000121. The Morgan fingerprint density at radius 2 is 2.05 bits per heavy atom. The smallest absolute Gasteiger partial charge is 0.202 e. The molecular weight excluding hydrogens is 278 g/mol. The fourth-order valence-electron chi connectivity index (χ4n) is 3.23. The van der Waals surface area contributed by atoms with Crippen molar-refractivity contribution in [3.63, 3.8) is 0 Å². The minimum absolute atomic E-state index is 0. The van der Waals surface area contributed by atoms with Crippen molar-refractivity contribution in [1.82, 2.24) is 15.4 Å². The molecule has 0 radical (unpaired) electrons. The second-order valence-corrected chi connectivity index (χ2v) is 5.53. The number of halogens is 1. The normalized spacial score (nSPS) is 25.6. The highest BCUT2D eigenvalue weighted by Gasteiger charge is 2.36. The molecule has 20 heavy (non-hydrogen) atoms. The molecule has 108 valence electrons. The number of fused-ring (bicyclic) bond motifs is 1. The van der Waals surface area contributed by atoms with Crippen LogP contribution >= 0.6 is 12.4 Å². The summed E-state index contributed by atoms with van der Waals surface area (Å²) in [5, 5.41) is 7.60. The van der Waals surface area contributed by atoms with E-state index in [1.165, 1.54) is 13.1 Å². The minimum atomic E-state index is 0. The highest BCUT2D eigenvalue weighted by atomic mass is 35.5. The Kier molecular flexibility index (Phi) is 3.83. The first-order chi connectivity index (χ1) is 9.38. The number of hydrogen-bond donors (Lipinski definition) is 1.